The van der Waals surface area contributed by atoms with Crippen LogP contribution in [0, 0.1) is 0 Å². The summed E-state index contributed by atoms with van der Waals surface area (Å²) in [5.74, 6) is 0.948. The molecular formula is C16H14N8O. The van der Waals surface area contributed by atoms with E-state index in [1.165, 1.54) is 17.3 Å². The molecule has 0 saturated carbocycles. The molecule has 0 aliphatic carbocycles. The van der Waals surface area contributed by atoms with Crippen LogP contribution in [0.1, 0.15) is 29.1 Å². The van der Waals surface area contributed by atoms with E-state index < -0.39 is 0 Å². The van der Waals surface area contributed by atoms with Crippen molar-refractivity contribution in [3.05, 3.63) is 66.8 Å². The van der Waals surface area contributed by atoms with E-state index in [2.05, 4.69) is 30.6 Å². The van der Waals surface area contributed by atoms with Crippen molar-refractivity contribution in [2.75, 3.05) is 0 Å². The van der Waals surface area contributed by atoms with Gasteiger partial charge in [-0.1, -0.05) is 6.07 Å². The number of nitrogens with one attached hydrogen (secondary N) is 1. The zero-order valence-corrected chi connectivity index (χ0v) is 13.3. The lowest BCUT2D eigenvalue weighted by Gasteiger charge is -2.12. The van der Waals surface area contributed by atoms with Gasteiger partial charge in [0.05, 0.1) is 6.04 Å². The number of carbonyl (C=O) groups excluding carboxylic acids is 1. The van der Waals surface area contributed by atoms with Crippen LogP contribution in [0.3, 0.4) is 0 Å². The van der Waals surface area contributed by atoms with Crippen LogP contribution < -0.4 is 5.32 Å². The molecule has 4 rings (SSSR count). The van der Waals surface area contributed by atoms with E-state index in [0.717, 1.165) is 5.65 Å². The minimum atomic E-state index is -0.312. The molecule has 4 heterocycles. The smallest absolute Gasteiger partial charge is 0.252 e. The number of hydrogen-bond acceptors (Lipinski definition) is 6. The van der Waals surface area contributed by atoms with Crippen LogP contribution in [0.2, 0.25) is 0 Å². The van der Waals surface area contributed by atoms with Crippen LogP contribution in [0.4, 0.5) is 0 Å². The predicted octanol–water partition coefficient (Wildman–Crippen LogP) is 1.20. The molecule has 0 spiro atoms. The molecule has 1 amide bonds. The van der Waals surface area contributed by atoms with Gasteiger partial charge in [-0.3, -0.25) is 9.20 Å². The number of hydrogen-bond donors (Lipinski definition) is 1. The Morgan fingerprint density at radius 1 is 1.24 bits per heavy atom. The minimum absolute atomic E-state index is 0.232. The summed E-state index contributed by atoms with van der Waals surface area (Å²) in [5.41, 5.74) is 1.21. The van der Waals surface area contributed by atoms with E-state index in [1.807, 2.05) is 35.7 Å². The number of amides is 1. The molecular weight excluding hydrogens is 320 g/mol. The Morgan fingerprint density at radius 3 is 3.00 bits per heavy atom. The van der Waals surface area contributed by atoms with Crippen LogP contribution in [0.15, 0.2) is 55.4 Å². The quantitative estimate of drug-likeness (QED) is 0.601. The molecule has 4 aromatic heterocycles. The van der Waals surface area contributed by atoms with Gasteiger partial charge >= 0.3 is 0 Å². The average Bonchev–Trinajstić information content (AvgIpc) is 3.31. The van der Waals surface area contributed by atoms with Gasteiger partial charge in [-0.2, -0.15) is 5.10 Å². The zero-order chi connectivity index (χ0) is 17.2. The number of fused-ring (bicyclic) bond motifs is 1. The normalized spacial score (nSPS) is 12.2. The molecule has 0 saturated heterocycles. The second-order valence-electron chi connectivity index (χ2n) is 5.42. The predicted molar refractivity (Wildman–Crippen MR) is 88.0 cm³/mol. The number of nitrogens with zero attached hydrogens (tertiary/aromatic N) is 7. The van der Waals surface area contributed by atoms with E-state index in [1.54, 1.807) is 18.3 Å². The average molecular weight is 334 g/mol. The Kier molecular flexibility index (Phi) is 3.65. The molecule has 9 heteroatoms. The summed E-state index contributed by atoms with van der Waals surface area (Å²) in [6.45, 7) is 1.86. The third-order valence-electron chi connectivity index (χ3n) is 3.74. The molecule has 0 aromatic carbocycles. The van der Waals surface area contributed by atoms with Crippen molar-refractivity contribution in [3.8, 4) is 5.82 Å². The summed E-state index contributed by atoms with van der Waals surface area (Å²) in [5, 5.41) is 15.2. The third-order valence-corrected chi connectivity index (χ3v) is 3.74. The first kappa shape index (κ1) is 14.9. The van der Waals surface area contributed by atoms with E-state index in [9.17, 15) is 4.79 Å². The highest BCUT2D eigenvalue weighted by atomic mass is 16.1. The summed E-state index contributed by atoms with van der Waals surface area (Å²) < 4.78 is 3.34. The lowest BCUT2D eigenvalue weighted by atomic mass is 10.2. The molecule has 0 fully saturated rings. The highest BCUT2D eigenvalue weighted by Crippen LogP contribution is 2.13. The van der Waals surface area contributed by atoms with Crippen LogP contribution in [-0.2, 0) is 0 Å². The lowest BCUT2D eigenvalue weighted by molar-refractivity contribution is 0.0938. The second kappa shape index (κ2) is 6.11. The van der Waals surface area contributed by atoms with Crippen molar-refractivity contribution in [2.45, 2.75) is 13.0 Å². The van der Waals surface area contributed by atoms with Crippen molar-refractivity contribution < 1.29 is 4.79 Å². The van der Waals surface area contributed by atoms with Crippen molar-refractivity contribution in [1.82, 2.24) is 39.7 Å². The first-order valence-electron chi connectivity index (χ1n) is 7.64. The highest BCUT2D eigenvalue weighted by Gasteiger charge is 2.17. The molecule has 0 aliphatic heterocycles. The van der Waals surface area contributed by atoms with Crippen molar-refractivity contribution in [3.63, 3.8) is 0 Å². The lowest BCUT2D eigenvalue weighted by Crippen LogP contribution is -2.28. The second-order valence-corrected chi connectivity index (χ2v) is 5.42. The third kappa shape index (κ3) is 2.82. The maximum Gasteiger partial charge on any atom is 0.252 e. The molecule has 0 unspecified atom stereocenters. The fourth-order valence-electron chi connectivity index (χ4n) is 2.51. The van der Waals surface area contributed by atoms with Gasteiger partial charge in [-0.05, 0) is 31.2 Å². The van der Waals surface area contributed by atoms with E-state index in [4.69, 9.17) is 0 Å². The molecule has 0 bridgehead atoms. The number of rotatable bonds is 4. The number of aromatic nitrogens is 7. The highest BCUT2D eigenvalue weighted by molar-refractivity contribution is 5.94. The van der Waals surface area contributed by atoms with Gasteiger partial charge in [0, 0.05) is 18.0 Å². The van der Waals surface area contributed by atoms with E-state index in [0.29, 0.717) is 17.2 Å². The van der Waals surface area contributed by atoms with Gasteiger partial charge in [-0.25, -0.2) is 14.6 Å². The van der Waals surface area contributed by atoms with Gasteiger partial charge in [-0.15, -0.1) is 10.2 Å². The van der Waals surface area contributed by atoms with Crippen LogP contribution in [0.5, 0.6) is 0 Å². The van der Waals surface area contributed by atoms with Crippen LogP contribution in [-0.4, -0.2) is 40.3 Å². The van der Waals surface area contributed by atoms with Crippen LogP contribution in [0.25, 0.3) is 11.5 Å². The summed E-state index contributed by atoms with van der Waals surface area (Å²) in [6.07, 6.45) is 6.35. The first-order chi connectivity index (χ1) is 12.2. The molecule has 1 N–H and O–H groups in total. The van der Waals surface area contributed by atoms with E-state index in [-0.39, 0.29) is 11.9 Å². The number of carbonyl (C=O) groups is 1. The molecule has 9 nitrogen and oxygen atoms in total. The molecule has 0 aliphatic rings. The molecule has 0 radical (unpaired) electrons. The van der Waals surface area contributed by atoms with Crippen molar-refractivity contribution >= 4 is 11.6 Å². The SMILES string of the molecule is C[C@@H](NC(=O)c1ccnc(-n2cncn2)c1)c1nnc2ccccn12. The first-order valence-corrected chi connectivity index (χ1v) is 7.64. The minimum Gasteiger partial charge on any atom is -0.342 e. The van der Waals surface area contributed by atoms with Gasteiger partial charge in [0.1, 0.15) is 12.7 Å². The summed E-state index contributed by atoms with van der Waals surface area (Å²) in [6, 6.07) is 8.62. The molecule has 1 atom stereocenters. The fourth-order valence-corrected chi connectivity index (χ4v) is 2.51. The molecule has 4 aromatic rings. The van der Waals surface area contributed by atoms with Crippen molar-refractivity contribution in [1.29, 1.82) is 0 Å². The van der Waals surface area contributed by atoms with Gasteiger partial charge in [0.15, 0.2) is 17.3 Å². The van der Waals surface area contributed by atoms with Gasteiger partial charge in [0.25, 0.3) is 5.91 Å². The zero-order valence-electron chi connectivity index (χ0n) is 13.3. The van der Waals surface area contributed by atoms with E-state index >= 15 is 0 Å². The topological polar surface area (TPSA) is 103 Å². The molecule has 124 valence electrons. The summed E-state index contributed by atoms with van der Waals surface area (Å²) in [4.78, 5) is 20.6. The Labute approximate surface area is 142 Å². The summed E-state index contributed by atoms with van der Waals surface area (Å²) in [7, 11) is 0. The van der Waals surface area contributed by atoms with Gasteiger partial charge in [0.2, 0.25) is 0 Å². The summed E-state index contributed by atoms with van der Waals surface area (Å²) >= 11 is 0. The monoisotopic (exact) mass is 334 g/mol. The Morgan fingerprint density at radius 2 is 2.16 bits per heavy atom. The maximum atomic E-state index is 12.6. The Balaban J connectivity index is 1.57. The fraction of sp³-hybridized carbons (Fsp3) is 0.125. The Bertz CT molecular complexity index is 1020. The van der Waals surface area contributed by atoms with Crippen molar-refractivity contribution in [2.24, 2.45) is 0 Å². The maximum absolute atomic E-state index is 12.6. The standard InChI is InChI=1S/C16H14N8O/c1-11(15-22-21-13-4-2-3-7-23(13)15)20-16(25)12-5-6-18-14(8-12)24-10-17-9-19-24/h2-11H,1H3,(H,20,25)/t11-/m1/s1. The van der Waals surface area contributed by atoms with Gasteiger partial charge < -0.3 is 5.32 Å². The Hall–Kier alpha value is -3.62. The largest absolute Gasteiger partial charge is 0.342 e. The number of pyridine rings is 2. The molecule has 25 heavy (non-hydrogen) atoms. The van der Waals surface area contributed by atoms with Crippen LogP contribution >= 0.6 is 0 Å².